The summed E-state index contributed by atoms with van der Waals surface area (Å²) in [6.45, 7) is 6.00. The van der Waals surface area contributed by atoms with Crippen LogP contribution in [0, 0.1) is 0 Å². The molecule has 0 heterocycles. The van der Waals surface area contributed by atoms with Crippen LogP contribution >= 0.6 is 8.25 Å². The molecule has 0 bridgehead atoms. The van der Waals surface area contributed by atoms with Crippen LogP contribution < -0.4 is 12.3 Å². The molecule has 0 unspecified atom stereocenters. The summed E-state index contributed by atoms with van der Waals surface area (Å²) in [4.78, 5) is 14.3. The molecule has 62 valence electrons. The molecule has 0 aromatic carbocycles. The van der Waals surface area contributed by atoms with Gasteiger partial charge in [-0.15, -0.1) is 13.2 Å². The summed E-state index contributed by atoms with van der Waals surface area (Å²) in [7, 11) is -3.13. The summed E-state index contributed by atoms with van der Waals surface area (Å²) in [5.41, 5.74) is 0. The lowest BCUT2D eigenvalue weighted by Crippen LogP contribution is -1.38. The molecule has 0 spiro atoms. The van der Waals surface area contributed by atoms with Crippen molar-refractivity contribution in [1.29, 1.82) is 0 Å². The quantitative estimate of drug-likeness (QED) is 0.312. The van der Waals surface area contributed by atoms with Crippen molar-refractivity contribution < 1.29 is 14.4 Å². The van der Waals surface area contributed by atoms with E-state index in [1.54, 1.807) is 0 Å². The Labute approximate surface area is 56.5 Å². The maximum absolute atomic E-state index is 8.74. The zero-order valence-electron chi connectivity index (χ0n) is 4.63. The van der Waals surface area contributed by atoms with Gasteiger partial charge in [0.05, 0.1) is 0 Å². The highest BCUT2D eigenvalue weighted by Gasteiger charge is 1.61. The zero-order valence-corrected chi connectivity index (χ0v) is 5.63. The normalized spacial score (nSPS) is 4.33. The molecule has 0 aliphatic carbocycles. The predicted octanol–water partition coefficient (Wildman–Crippen LogP) is 1.12. The molecule has 0 aliphatic rings. The van der Waals surface area contributed by atoms with Gasteiger partial charge in [-0.25, -0.2) is 0 Å². The molecule has 0 rings (SSSR count). The monoisotopic (exact) mass is 160 g/mol. The van der Waals surface area contributed by atoms with Gasteiger partial charge >= 0.3 is 8.25 Å². The van der Waals surface area contributed by atoms with Gasteiger partial charge in [0.25, 0.3) is 0 Å². The minimum Gasteiger partial charge on any atom is -0.344 e. The van der Waals surface area contributed by atoms with Crippen LogP contribution in [0.3, 0.4) is 0 Å². The first-order chi connectivity index (χ1) is 2.73. The van der Waals surface area contributed by atoms with E-state index in [-0.39, 0.29) is 19.7 Å². The lowest BCUT2D eigenvalue weighted by molar-refractivity contribution is 0.405. The van der Waals surface area contributed by atoms with E-state index in [1.807, 2.05) is 0 Å². The molecule has 0 aromatic rings. The topological polar surface area (TPSA) is 128 Å². The summed E-state index contributed by atoms with van der Waals surface area (Å²) < 4.78 is 8.74. The van der Waals surface area contributed by atoms with Crippen LogP contribution in [0.5, 0.6) is 0 Å². The highest BCUT2D eigenvalue weighted by molar-refractivity contribution is 7.30. The highest BCUT2D eigenvalue weighted by atomic mass is 31.1. The van der Waals surface area contributed by atoms with E-state index in [2.05, 4.69) is 13.2 Å². The van der Waals surface area contributed by atoms with Gasteiger partial charge in [0.1, 0.15) is 0 Å². The van der Waals surface area contributed by atoms with Crippen molar-refractivity contribution in [3.05, 3.63) is 13.2 Å². The maximum Gasteiger partial charge on any atom is 0.314 e. The number of rotatable bonds is 0. The Hall–Kier alpha value is -0.190. The minimum absolute atomic E-state index is 0. The largest absolute Gasteiger partial charge is 0.344 e. The van der Waals surface area contributed by atoms with Gasteiger partial charge in [0.15, 0.2) is 0 Å². The molecular formula is C3H17N2O3P. The third-order valence-corrected chi connectivity index (χ3v) is 0. The van der Waals surface area contributed by atoms with Crippen molar-refractivity contribution in [2.75, 3.05) is 0 Å². The molecule has 6 heteroatoms. The minimum atomic E-state index is -3.13. The Morgan fingerprint density at radius 2 is 1.11 bits per heavy atom. The van der Waals surface area contributed by atoms with Crippen molar-refractivity contribution in [2.24, 2.45) is 0 Å². The molecule has 0 radical (unpaired) electrons. The van der Waals surface area contributed by atoms with E-state index in [0.717, 1.165) is 0 Å². The number of hydrogen-bond donors (Lipinski definition) is 4. The van der Waals surface area contributed by atoms with E-state index >= 15 is 0 Å². The second-order valence-corrected chi connectivity index (χ2v) is 0.848. The Bertz CT molecular complexity index is 48.3. The molecular weight excluding hydrogens is 143 g/mol. The van der Waals surface area contributed by atoms with E-state index in [9.17, 15) is 0 Å². The summed E-state index contributed by atoms with van der Waals surface area (Å²) in [6, 6.07) is 0. The van der Waals surface area contributed by atoms with Gasteiger partial charge in [-0.05, 0) is 0 Å². The molecule has 0 atom stereocenters. The molecule has 0 fully saturated rings. The summed E-state index contributed by atoms with van der Waals surface area (Å²) >= 11 is 0. The Morgan fingerprint density at radius 1 is 1.11 bits per heavy atom. The lowest BCUT2D eigenvalue weighted by atomic mass is 11.3. The molecule has 8 N–H and O–H groups in total. The van der Waals surface area contributed by atoms with E-state index in [4.69, 9.17) is 14.4 Å². The second kappa shape index (κ2) is 45.9. The fourth-order valence-corrected chi connectivity index (χ4v) is 0. The van der Waals surface area contributed by atoms with Crippen LogP contribution in [-0.2, 0) is 4.57 Å². The van der Waals surface area contributed by atoms with Crippen molar-refractivity contribution in [3.63, 3.8) is 0 Å². The molecule has 0 amide bonds. The first kappa shape index (κ1) is 37.0. The molecule has 0 aromatic heterocycles. The van der Waals surface area contributed by atoms with Crippen molar-refractivity contribution >= 4 is 8.25 Å². The third kappa shape index (κ3) is 7300. The Balaban J connectivity index is -0.00000000990. The second-order valence-electron chi connectivity index (χ2n) is 0.283. The SMILES string of the molecule is C.C=C.N.N.O=[PH](O)O. The lowest BCUT2D eigenvalue weighted by Gasteiger charge is -1.61. The summed E-state index contributed by atoms with van der Waals surface area (Å²) in [5, 5.41) is 0. The van der Waals surface area contributed by atoms with Crippen LogP contribution in [0.4, 0.5) is 0 Å². The van der Waals surface area contributed by atoms with E-state index in [0.29, 0.717) is 0 Å². The highest BCUT2D eigenvalue weighted by Crippen LogP contribution is 1.98. The van der Waals surface area contributed by atoms with Gasteiger partial charge in [-0.1, -0.05) is 7.43 Å². The van der Waals surface area contributed by atoms with Gasteiger partial charge in [0.2, 0.25) is 0 Å². The predicted molar refractivity (Wildman–Crippen MR) is 41.5 cm³/mol. The van der Waals surface area contributed by atoms with Gasteiger partial charge in [-0.3, -0.25) is 4.57 Å². The molecule has 0 aliphatic heterocycles. The average molecular weight is 160 g/mol. The van der Waals surface area contributed by atoms with Crippen LogP contribution in [-0.4, -0.2) is 9.79 Å². The van der Waals surface area contributed by atoms with Crippen molar-refractivity contribution in [3.8, 4) is 0 Å². The van der Waals surface area contributed by atoms with Crippen LogP contribution in [0.2, 0.25) is 0 Å². The van der Waals surface area contributed by atoms with Gasteiger partial charge in [-0.2, -0.15) is 0 Å². The fourth-order valence-electron chi connectivity index (χ4n) is 0. The maximum atomic E-state index is 8.74. The molecule has 5 nitrogen and oxygen atoms in total. The van der Waals surface area contributed by atoms with Gasteiger partial charge in [0, 0.05) is 0 Å². The smallest absolute Gasteiger partial charge is 0.314 e. The fraction of sp³-hybridized carbons (Fsp3) is 0.333. The average Bonchev–Trinajstić information content (AvgIpc) is 1.41. The Morgan fingerprint density at radius 3 is 1.11 bits per heavy atom. The standard InChI is InChI=1S/C2H4.CH4.2H3N.H3O3P/c1-2;;;;1-4(2)3/h1-2H2;1H4;2*1H3;4H,(H2,1,2,3). The third-order valence-electron chi connectivity index (χ3n) is 0. The van der Waals surface area contributed by atoms with E-state index in [1.165, 1.54) is 0 Å². The molecule has 0 saturated heterocycles. The number of hydrogen-bond acceptors (Lipinski definition) is 3. The molecule has 0 saturated carbocycles. The van der Waals surface area contributed by atoms with Crippen LogP contribution in [0.15, 0.2) is 13.2 Å². The summed E-state index contributed by atoms with van der Waals surface area (Å²) in [6.07, 6.45) is 0. The molecule has 9 heavy (non-hydrogen) atoms. The zero-order chi connectivity index (χ0) is 5.58. The van der Waals surface area contributed by atoms with Crippen LogP contribution in [0.1, 0.15) is 7.43 Å². The Kier molecular flexibility index (Phi) is 189. The summed E-state index contributed by atoms with van der Waals surface area (Å²) in [5.74, 6) is 0. The van der Waals surface area contributed by atoms with Crippen molar-refractivity contribution in [1.82, 2.24) is 12.3 Å². The first-order valence-corrected chi connectivity index (χ1v) is 2.45. The van der Waals surface area contributed by atoms with Crippen molar-refractivity contribution in [2.45, 2.75) is 7.43 Å². The van der Waals surface area contributed by atoms with Crippen LogP contribution in [0.25, 0.3) is 0 Å². The first-order valence-electron chi connectivity index (χ1n) is 1.15. The van der Waals surface area contributed by atoms with E-state index < -0.39 is 8.25 Å². The van der Waals surface area contributed by atoms with Gasteiger partial charge < -0.3 is 22.1 Å².